The molecular formula is C33H44N2O6. The lowest BCUT2D eigenvalue weighted by atomic mass is 9.95. The molecule has 0 spiro atoms. The fraction of sp³-hybridized carbons (Fsp3) is 0.424. The second-order valence-corrected chi connectivity index (χ2v) is 10.2. The van der Waals surface area contributed by atoms with Crippen molar-refractivity contribution in [1.82, 2.24) is 10.6 Å². The summed E-state index contributed by atoms with van der Waals surface area (Å²) < 4.78 is 11.6. The smallest absolute Gasteiger partial charge is 0.309 e. The first-order chi connectivity index (χ1) is 19.9. The van der Waals surface area contributed by atoms with Crippen LogP contribution in [0.25, 0.3) is 0 Å². The lowest BCUT2D eigenvalue weighted by Gasteiger charge is -2.24. The van der Waals surface area contributed by atoms with Crippen molar-refractivity contribution < 1.29 is 29.0 Å². The standard InChI is InChI=1S/C33H44N2O6/c1-4-6-18-29(19-26-14-9-7-10-15-26)33(39)41-24-30(23-40-22-27-16-11-8-12-17-27)35-32(38)28(13-5-2)20-31(37)34-25(3)21-36/h4-5,7-12,14-17,25,28-30,36H,1-2,6,13,18-24H2,3H3,(H,34,37)(H,35,38)/t25-,28-,29-,30+/m1/s1. The molecule has 41 heavy (non-hydrogen) atoms. The third-order valence-corrected chi connectivity index (χ3v) is 6.52. The molecule has 8 nitrogen and oxygen atoms in total. The first-order valence-corrected chi connectivity index (χ1v) is 14.1. The number of benzene rings is 2. The molecule has 8 heteroatoms. The molecule has 0 aliphatic heterocycles. The van der Waals surface area contributed by atoms with Crippen molar-refractivity contribution in [1.29, 1.82) is 0 Å². The molecule has 2 amide bonds. The fourth-order valence-corrected chi connectivity index (χ4v) is 4.25. The Bertz CT molecular complexity index is 1080. The van der Waals surface area contributed by atoms with Crippen LogP contribution in [0, 0.1) is 11.8 Å². The maximum absolute atomic E-state index is 13.2. The maximum atomic E-state index is 13.2. The highest BCUT2D eigenvalue weighted by Gasteiger charge is 2.26. The van der Waals surface area contributed by atoms with E-state index in [1.807, 2.05) is 60.7 Å². The molecule has 0 saturated heterocycles. The zero-order valence-corrected chi connectivity index (χ0v) is 24.0. The van der Waals surface area contributed by atoms with Crippen LogP contribution in [-0.2, 0) is 36.9 Å². The minimum atomic E-state index is -0.677. The number of ether oxygens (including phenoxy) is 2. The summed E-state index contributed by atoms with van der Waals surface area (Å²) in [4.78, 5) is 38.8. The summed E-state index contributed by atoms with van der Waals surface area (Å²) in [6.07, 6.45) is 5.39. The number of rotatable bonds is 20. The van der Waals surface area contributed by atoms with Crippen LogP contribution in [0.5, 0.6) is 0 Å². The van der Waals surface area contributed by atoms with Crippen LogP contribution in [0.3, 0.4) is 0 Å². The van der Waals surface area contributed by atoms with Gasteiger partial charge in [-0.15, -0.1) is 13.2 Å². The number of allylic oxidation sites excluding steroid dienone is 2. The van der Waals surface area contributed by atoms with E-state index in [4.69, 9.17) is 9.47 Å². The van der Waals surface area contributed by atoms with E-state index in [0.717, 1.165) is 11.1 Å². The SMILES string of the molecule is C=CCC[C@H](Cc1ccccc1)C(=O)OC[C@H](COCc1ccccc1)NC(=O)[C@H](CC=C)CC(=O)N[C@H](C)CO. The van der Waals surface area contributed by atoms with E-state index < -0.39 is 18.0 Å². The Morgan fingerprint density at radius 1 is 0.902 bits per heavy atom. The van der Waals surface area contributed by atoms with Gasteiger partial charge >= 0.3 is 5.97 Å². The number of carbonyl (C=O) groups excluding carboxylic acids is 3. The summed E-state index contributed by atoms with van der Waals surface area (Å²) in [5.41, 5.74) is 2.01. The molecule has 0 bridgehead atoms. The molecule has 0 heterocycles. The number of carbonyl (C=O) groups is 3. The van der Waals surface area contributed by atoms with Gasteiger partial charge in [-0.05, 0) is 43.7 Å². The van der Waals surface area contributed by atoms with Crippen LogP contribution < -0.4 is 10.6 Å². The highest BCUT2D eigenvalue weighted by atomic mass is 16.5. The number of esters is 1. The second-order valence-electron chi connectivity index (χ2n) is 10.2. The summed E-state index contributed by atoms with van der Waals surface area (Å²) in [6, 6.07) is 18.3. The lowest BCUT2D eigenvalue weighted by molar-refractivity contribution is -0.150. The molecule has 0 fully saturated rings. The zero-order valence-electron chi connectivity index (χ0n) is 24.0. The molecule has 2 aromatic carbocycles. The third kappa shape index (κ3) is 13.4. The number of hydrogen-bond acceptors (Lipinski definition) is 6. The second kappa shape index (κ2) is 19.3. The van der Waals surface area contributed by atoms with Crippen molar-refractivity contribution in [3.05, 3.63) is 97.1 Å². The van der Waals surface area contributed by atoms with Gasteiger partial charge in [-0.2, -0.15) is 0 Å². The Hall–Kier alpha value is -3.75. The molecule has 0 aromatic heterocycles. The van der Waals surface area contributed by atoms with E-state index in [1.165, 1.54) is 0 Å². The maximum Gasteiger partial charge on any atom is 0.309 e. The minimum Gasteiger partial charge on any atom is -0.463 e. The summed E-state index contributed by atoms with van der Waals surface area (Å²) in [5.74, 6) is -2.10. The Labute approximate surface area is 243 Å². The van der Waals surface area contributed by atoms with Crippen LogP contribution in [-0.4, -0.2) is 54.8 Å². The van der Waals surface area contributed by atoms with Gasteiger partial charge in [0.2, 0.25) is 11.8 Å². The van der Waals surface area contributed by atoms with Crippen LogP contribution in [0.1, 0.15) is 43.7 Å². The number of aliphatic hydroxyl groups excluding tert-OH is 1. The van der Waals surface area contributed by atoms with E-state index >= 15 is 0 Å². The molecular weight excluding hydrogens is 520 g/mol. The fourth-order valence-electron chi connectivity index (χ4n) is 4.25. The molecule has 0 aliphatic rings. The van der Waals surface area contributed by atoms with Gasteiger partial charge in [0.15, 0.2) is 0 Å². The lowest BCUT2D eigenvalue weighted by Crippen LogP contribution is -2.46. The normalized spacial score (nSPS) is 13.7. The van der Waals surface area contributed by atoms with E-state index in [9.17, 15) is 19.5 Å². The Morgan fingerprint density at radius 2 is 1.56 bits per heavy atom. The average molecular weight is 565 g/mol. The van der Waals surface area contributed by atoms with Gasteiger partial charge in [-0.25, -0.2) is 0 Å². The number of amides is 2. The van der Waals surface area contributed by atoms with Crippen molar-refractivity contribution in [2.45, 2.75) is 57.7 Å². The number of hydrogen-bond donors (Lipinski definition) is 3. The molecule has 0 radical (unpaired) electrons. The molecule has 0 saturated carbocycles. The molecule has 2 rings (SSSR count). The summed E-state index contributed by atoms with van der Waals surface area (Å²) in [6.45, 7) is 9.32. The predicted molar refractivity (Wildman–Crippen MR) is 160 cm³/mol. The van der Waals surface area contributed by atoms with Crippen molar-refractivity contribution >= 4 is 17.8 Å². The molecule has 4 atom stereocenters. The van der Waals surface area contributed by atoms with Crippen LogP contribution >= 0.6 is 0 Å². The van der Waals surface area contributed by atoms with E-state index in [1.54, 1.807) is 19.1 Å². The van der Waals surface area contributed by atoms with Gasteiger partial charge in [-0.1, -0.05) is 72.8 Å². The first kappa shape index (κ1) is 33.5. The molecule has 3 N–H and O–H groups in total. The summed E-state index contributed by atoms with van der Waals surface area (Å²) in [7, 11) is 0. The quantitative estimate of drug-likeness (QED) is 0.165. The predicted octanol–water partition coefficient (Wildman–Crippen LogP) is 4.14. The van der Waals surface area contributed by atoms with Crippen LogP contribution in [0.2, 0.25) is 0 Å². The van der Waals surface area contributed by atoms with Gasteiger partial charge in [-0.3, -0.25) is 14.4 Å². The zero-order chi connectivity index (χ0) is 29.9. The Balaban J connectivity index is 2.08. The summed E-state index contributed by atoms with van der Waals surface area (Å²) in [5, 5.41) is 14.8. The van der Waals surface area contributed by atoms with Crippen LogP contribution in [0.4, 0.5) is 0 Å². The summed E-state index contributed by atoms with van der Waals surface area (Å²) >= 11 is 0. The average Bonchev–Trinajstić information content (AvgIpc) is 2.98. The molecule has 0 aliphatic carbocycles. The van der Waals surface area contributed by atoms with Gasteiger partial charge < -0.3 is 25.2 Å². The van der Waals surface area contributed by atoms with E-state index in [-0.39, 0.29) is 56.4 Å². The largest absolute Gasteiger partial charge is 0.463 e. The third-order valence-electron chi connectivity index (χ3n) is 6.52. The number of nitrogens with one attached hydrogen (secondary N) is 2. The van der Waals surface area contributed by atoms with Crippen molar-refractivity contribution in [2.24, 2.45) is 11.8 Å². The first-order valence-electron chi connectivity index (χ1n) is 14.1. The van der Waals surface area contributed by atoms with Crippen molar-refractivity contribution in [2.75, 3.05) is 19.8 Å². The van der Waals surface area contributed by atoms with E-state index in [2.05, 4.69) is 23.8 Å². The topological polar surface area (TPSA) is 114 Å². The van der Waals surface area contributed by atoms with Crippen molar-refractivity contribution in [3.63, 3.8) is 0 Å². The van der Waals surface area contributed by atoms with Crippen molar-refractivity contribution in [3.8, 4) is 0 Å². The van der Waals surface area contributed by atoms with Gasteiger partial charge in [0, 0.05) is 12.5 Å². The Morgan fingerprint density at radius 3 is 2.17 bits per heavy atom. The molecule has 2 aromatic rings. The van der Waals surface area contributed by atoms with Crippen LogP contribution in [0.15, 0.2) is 86.0 Å². The number of aliphatic hydroxyl groups is 1. The van der Waals surface area contributed by atoms with Gasteiger partial charge in [0.25, 0.3) is 0 Å². The highest BCUT2D eigenvalue weighted by molar-refractivity contribution is 5.86. The van der Waals surface area contributed by atoms with Gasteiger partial charge in [0.05, 0.1) is 37.7 Å². The molecule has 222 valence electrons. The van der Waals surface area contributed by atoms with Gasteiger partial charge in [0.1, 0.15) is 6.61 Å². The monoisotopic (exact) mass is 564 g/mol. The molecule has 0 unspecified atom stereocenters. The minimum absolute atomic E-state index is 0.0692. The van der Waals surface area contributed by atoms with E-state index in [0.29, 0.717) is 25.9 Å². The highest BCUT2D eigenvalue weighted by Crippen LogP contribution is 2.17. The Kier molecular flexibility index (Phi) is 15.8.